The van der Waals surface area contributed by atoms with E-state index in [4.69, 9.17) is 0 Å². The third-order valence-electron chi connectivity index (χ3n) is 2.80. The van der Waals surface area contributed by atoms with E-state index in [1.54, 1.807) is 0 Å². The minimum absolute atomic E-state index is 0.773. The molecule has 0 heterocycles. The summed E-state index contributed by atoms with van der Waals surface area (Å²) in [6.45, 7) is 5.49. The SMILES string of the molecule is CCCC(CCC)CN=Cc1ccccc1. The van der Waals surface area contributed by atoms with Gasteiger partial charge in [-0.2, -0.15) is 0 Å². The average Bonchev–Trinajstić information content (AvgIpc) is 2.31. The van der Waals surface area contributed by atoms with Gasteiger partial charge in [0.25, 0.3) is 0 Å². The van der Waals surface area contributed by atoms with Crippen molar-refractivity contribution in [1.82, 2.24) is 0 Å². The van der Waals surface area contributed by atoms with Crippen LogP contribution in [0.25, 0.3) is 0 Å². The zero-order valence-electron chi connectivity index (χ0n) is 10.5. The molecule has 0 amide bonds. The first-order valence-corrected chi connectivity index (χ1v) is 6.41. The highest BCUT2D eigenvalue weighted by molar-refractivity contribution is 5.79. The van der Waals surface area contributed by atoms with Crippen LogP contribution in [0, 0.1) is 5.92 Å². The number of hydrogen-bond donors (Lipinski definition) is 0. The molecule has 0 bridgehead atoms. The quantitative estimate of drug-likeness (QED) is 0.603. The second-order valence-corrected chi connectivity index (χ2v) is 4.35. The van der Waals surface area contributed by atoms with Crippen molar-refractivity contribution in [2.75, 3.05) is 6.54 Å². The molecule has 0 radical (unpaired) electrons. The molecule has 0 saturated heterocycles. The van der Waals surface area contributed by atoms with Crippen molar-refractivity contribution < 1.29 is 0 Å². The van der Waals surface area contributed by atoms with Gasteiger partial charge in [-0.3, -0.25) is 4.99 Å². The summed E-state index contributed by atoms with van der Waals surface area (Å²) in [5, 5.41) is 0. The van der Waals surface area contributed by atoms with Crippen molar-refractivity contribution in [2.45, 2.75) is 39.5 Å². The zero-order chi connectivity index (χ0) is 11.6. The Hall–Kier alpha value is -1.11. The highest BCUT2D eigenvalue weighted by Crippen LogP contribution is 2.13. The predicted octanol–water partition coefficient (Wildman–Crippen LogP) is 4.32. The van der Waals surface area contributed by atoms with Crippen molar-refractivity contribution in [3.8, 4) is 0 Å². The lowest BCUT2D eigenvalue weighted by atomic mass is 9.99. The molecule has 0 fully saturated rings. The first kappa shape index (κ1) is 13.0. The van der Waals surface area contributed by atoms with Gasteiger partial charge in [0, 0.05) is 12.8 Å². The van der Waals surface area contributed by atoms with Gasteiger partial charge in [-0.25, -0.2) is 0 Å². The van der Waals surface area contributed by atoms with E-state index < -0.39 is 0 Å². The van der Waals surface area contributed by atoms with Crippen LogP contribution in [0.5, 0.6) is 0 Å². The van der Waals surface area contributed by atoms with E-state index in [9.17, 15) is 0 Å². The summed E-state index contributed by atoms with van der Waals surface area (Å²) in [6.07, 6.45) is 7.15. The van der Waals surface area contributed by atoms with Crippen LogP contribution >= 0.6 is 0 Å². The number of hydrogen-bond acceptors (Lipinski definition) is 1. The van der Waals surface area contributed by atoms with E-state index in [1.807, 2.05) is 12.3 Å². The molecule has 88 valence electrons. The van der Waals surface area contributed by atoms with Crippen LogP contribution in [-0.2, 0) is 0 Å². The van der Waals surface area contributed by atoms with Gasteiger partial charge in [0.15, 0.2) is 0 Å². The van der Waals surface area contributed by atoms with Crippen LogP contribution in [0.4, 0.5) is 0 Å². The van der Waals surface area contributed by atoms with E-state index in [-0.39, 0.29) is 0 Å². The molecular weight excluding hydrogens is 194 g/mol. The fourth-order valence-corrected chi connectivity index (χ4v) is 1.99. The Morgan fingerprint density at radius 2 is 1.69 bits per heavy atom. The van der Waals surface area contributed by atoms with Crippen molar-refractivity contribution >= 4 is 6.21 Å². The van der Waals surface area contributed by atoms with E-state index in [0.717, 1.165) is 12.5 Å². The minimum atomic E-state index is 0.773. The lowest BCUT2D eigenvalue weighted by Gasteiger charge is -2.11. The zero-order valence-corrected chi connectivity index (χ0v) is 10.5. The number of benzene rings is 1. The highest BCUT2D eigenvalue weighted by Gasteiger charge is 2.04. The summed E-state index contributed by atoms with van der Waals surface area (Å²) in [5.41, 5.74) is 1.20. The topological polar surface area (TPSA) is 12.4 Å². The number of rotatable bonds is 7. The standard InChI is InChI=1S/C15H23N/c1-3-8-14(9-4-2)12-16-13-15-10-6-5-7-11-15/h5-7,10-11,13-14H,3-4,8-9,12H2,1-2H3. The van der Waals surface area contributed by atoms with Crippen LogP contribution in [0.15, 0.2) is 35.3 Å². The molecule has 0 atom stereocenters. The van der Waals surface area contributed by atoms with Crippen molar-refractivity contribution in [3.05, 3.63) is 35.9 Å². The van der Waals surface area contributed by atoms with E-state index >= 15 is 0 Å². The second-order valence-electron chi connectivity index (χ2n) is 4.35. The van der Waals surface area contributed by atoms with Crippen LogP contribution in [-0.4, -0.2) is 12.8 Å². The smallest absolute Gasteiger partial charge is 0.0417 e. The number of nitrogens with zero attached hydrogens (tertiary/aromatic N) is 1. The molecule has 0 aromatic heterocycles. The third-order valence-corrected chi connectivity index (χ3v) is 2.80. The summed E-state index contributed by atoms with van der Waals surface area (Å²) >= 11 is 0. The van der Waals surface area contributed by atoms with Gasteiger partial charge in [-0.1, -0.05) is 57.0 Å². The summed E-state index contributed by atoms with van der Waals surface area (Å²) < 4.78 is 0. The van der Waals surface area contributed by atoms with Crippen LogP contribution in [0.2, 0.25) is 0 Å². The van der Waals surface area contributed by atoms with Gasteiger partial charge in [0.1, 0.15) is 0 Å². The second kappa shape index (κ2) is 8.09. The van der Waals surface area contributed by atoms with Gasteiger partial charge >= 0.3 is 0 Å². The van der Waals surface area contributed by atoms with E-state index in [0.29, 0.717) is 0 Å². The maximum absolute atomic E-state index is 4.55. The Kier molecular flexibility index (Phi) is 6.55. The summed E-state index contributed by atoms with van der Waals surface area (Å²) in [6, 6.07) is 10.3. The minimum Gasteiger partial charge on any atom is -0.292 e. The molecule has 16 heavy (non-hydrogen) atoms. The van der Waals surface area contributed by atoms with E-state index in [2.05, 4.69) is 43.1 Å². The largest absolute Gasteiger partial charge is 0.292 e. The van der Waals surface area contributed by atoms with Crippen molar-refractivity contribution in [3.63, 3.8) is 0 Å². The first-order chi connectivity index (χ1) is 7.86. The normalized spacial score (nSPS) is 11.4. The Balaban J connectivity index is 2.39. The lowest BCUT2D eigenvalue weighted by Crippen LogP contribution is -2.04. The summed E-state index contributed by atoms with van der Waals surface area (Å²) in [4.78, 5) is 4.55. The molecule has 1 heteroatoms. The molecule has 1 nitrogen and oxygen atoms in total. The monoisotopic (exact) mass is 217 g/mol. The fraction of sp³-hybridized carbons (Fsp3) is 0.533. The molecule has 1 aromatic carbocycles. The molecule has 0 aliphatic rings. The van der Waals surface area contributed by atoms with Gasteiger partial charge in [0.2, 0.25) is 0 Å². The van der Waals surface area contributed by atoms with Gasteiger partial charge in [0.05, 0.1) is 0 Å². The molecule has 0 spiro atoms. The third kappa shape index (κ3) is 5.11. The Morgan fingerprint density at radius 1 is 1.06 bits per heavy atom. The number of aliphatic imine (C=N–C) groups is 1. The van der Waals surface area contributed by atoms with Crippen molar-refractivity contribution in [2.24, 2.45) is 10.9 Å². The van der Waals surface area contributed by atoms with Crippen LogP contribution in [0.3, 0.4) is 0 Å². The maximum atomic E-state index is 4.55. The molecule has 0 saturated carbocycles. The predicted molar refractivity (Wildman–Crippen MR) is 72.2 cm³/mol. The van der Waals surface area contributed by atoms with Gasteiger partial charge in [-0.15, -0.1) is 0 Å². The van der Waals surface area contributed by atoms with Crippen molar-refractivity contribution in [1.29, 1.82) is 0 Å². The molecule has 1 aromatic rings. The fourth-order valence-electron chi connectivity index (χ4n) is 1.99. The Morgan fingerprint density at radius 3 is 2.25 bits per heavy atom. The molecule has 0 unspecified atom stereocenters. The average molecular weight is 217 g/mol. The highest BCUT2D eigenvalue weighted by atomic mass is 14.7. The van der Waals surface area contributed by atoms with Gasteiger partial charge < -0.3 is 0 Å². The lowest BCUT2D eigenvalue weighted by molar-refractivity contribution is 0.452. The molecule has 0 aliphatic heterocycles. The summed E-state index contributed by atoms with van der Waals surface area (Å²) in [7, 11) is 0. The molecule has 1 rings (SSSR count). The molecule has 0 aliphatic carbocycles. The van der Waals surface area contributed by atoms with Crippen LogP contribution < -0.4 is 0 Å². The first-order valence-electron chi connectivity index (χ1n) is 6.41. The van der Waals surface area contributed by atoms with Gasteiger partial charge in [-0.05, 0) is 24.3 Å². The van der Waals surface area contributed by atoms with E-state index in [1.165, 1.54) is 31.2 Å². The van der Waals surface area contributed by atoms with Crippen LogP contribution in [0.1, 0.15) is 45.1 Å². The Bertz CT molecular complexity index is 284. The maximum Gasteiger partial charge on any atom is 0.0417 e. The molecule has 0 N–H and O–H groups in total. The Labute approximate surface area is 99.6 Å². The molecular formula is C15H23N. The summed E-state index contributed by atoms with van der Waals surface area (Å²) in [5.74, 6) is 0.773.